The molecule has 9 aromatic carbocycles. The number of aryl methyl sites for hydroxylation is 2. The van der Waals surface area contributed by atoms with Crippen molar-refractivity contribution in [3.8, 4) is 22.3 Å². The molecular weight excluding hydrogens is 1200 g/mol. The molecule has 13 rings (SSSR count). The number of nitrogens with zero attached hydrogens (tertiary/aromatic N) is 11. The Morgan fingerprint density at radius 2 is 0.857 bits per heavy atom. The summed E-state index contributed by atoms with van der Waals surface area (Å²) in [6.07, 6.45) is 16.1. The van der Waals surface area contributed by atoms with E-state index in [0.29, 0.717) is 5.82 Å². The van der Waals surface area contributed by atoms with Gasteiger partial charge in [-0.3, -0.25) is 34.9 Å². The third-order valence-electron chi connectivity index (χ3n) is 15.7. The van der Waals surface area contributed by atoms with Crippen molar-refractivity contribution in [2.24, 2.45) is 32.0 Å². The first-order valence-corrected chi connectivity index (χ1v) is 32.9. The number of pyridine rings is 2. The summed E-state index contributed by atoms with van der Waals surface area (Å²) in [6.45, 7) is 11.0. The number of imidazole rings is 1. The molecule has 13 aromatic rings. The van der Waals surface area contributed by atoms with Gasteiger partial charge in [0.15, 0.2) is 5.82 Å². The van der Waals surface area contributed by atoms with Crippen LogP contribution in [0.5, 0.6) is 0 Å². The highest BCUT2D eigenvalue weighted by molar-refractivity contribution is 5.97. The van der Waals surface area contributed by atoms with Crippen molar-refractivity contribution in [3.63, 3.8) is 0 Å². The minimum Gasteiger partial charge on any atom is -0.333 e. The van der Waals surface area contributed by atoms with Crippen LogP contribution in [-0.2, 0) is 13.6 Å². The highest BCUT2D eigenvalue weighted by Crippen LogP contribution is 2.39. The fourth-order valence-electron chi connectivity index (χ4n) is 10.3. The van der Waals surface area contributed by atoms with E-state index in [9.17, 15) is 0 Å². The normalized spacial score (nSPS) is 12.1. The molecule has 486 valence electrons. The number of aromatic nitrogens is 6. The molecule has 98 heavy (non-hydrogen) atoms. The molecule has 0 aliphatic carbocycles. The quantitative estimate of drug-likeness (QED) is 0.0790. The van der Waals surface area contributed by atoms with Crippen molar-refractivity contribution in [2.45, 2.75) is 65.3 Å². The molecule has 4 aromatic heterocycles. The molecule has 11 heteroatoms. The maximum atomic E-state index is 5.35. The molecule has 11 nitrogen and oxygen atoms in total. The Hall–Kier alpha value is -12.1. The van der Waals surface area contributed by atoms with E-state index in [0.717, 1.165) is 40.7 Å². The van der Waals surface area contributed by atoms with Crippen molar-refractivity contribution in [1.29, 1.82) is 0 Å². The molecule has 0 saturated heterocycles. The van der Waals surface area contributed by atoms with E-state index in [1.54, 1.807) is 37.1 Å². The Labute approximate surface area is 578 Å². The summed E-state index contributed by atoms with van der Waals surface area (Å²) in [4.78, 5) is 44.4. The second-order valence-corrected chi connectivity index (χ2v) is 22.9. The lowest BCUT2D eigenvalue weighted by atomic mass is 9.87. The van der Waals surface area contributed by atoms with E-state index in [1.165, 1.54) is 55.6 Å². The largest absolute Gasteiger partial charge is 0.333 e. The molecule has 0 amide bonds. The maximum absolute atomic E-state index is 5.35. The van der Waals surface area contributed by atoms with Gasteiger partial charge < -0.3 is 4.57 Å². The van der Waals surface area contributed by atoms with Crippen LogP contribution in [-0.4, -0.2) is 60.1 Å². The van der Waals surface area contributed by atoms with E-state index >= 15 is 0 Å². The molecule has 1 unspecified atom stereocenters. The molecule has 0 spiro atoms. The van der Waals surface area contributed by atoms with Gasteiger partial charge >= 0.3 is 0 Å². The van der Waals surface area contributed by atoms with E-state index < -0.39 is 0 Å². The first kappa shape index (κ1) is 70.2. The van der Waals surface area contributed by atoms with Crippen molar-refractivity contribution < 1.29 is 0 Å². The molecule has 0 fully saturated rings. The van der Waals surface area contributed by atoms with Crippen LogP contribution in [0.25, 0.3) is 22.3 Å². The molecule has 0 aliphatic heterocycles. The highest BCUT2D eigenvalue weighted by atomic mass is 15.0. The van der Waals surface area contributed by atoms with Gasteiger partial charge in [-0.25, -0.2) is 15.0 Å². The number of hydrogen-bond acceptors (Lipinski definition) is 10. The Balaban J connectivity index is 0.000000152. The lowest BCUT2D eigenvalue weighted by Gasteiger charge is -2.22. The third kappa shape index (κ3) is 22.8. The summed E-state index contributed by atoms with van der Waals surface area (Å²) < 4.78 is 1.95. The first-order valence-electron chi connectivity index (χ1n) is 32.9. The highest BCUT2D eigenvalue weighted by Gasteiger charge is 2.22. The van der Waals surface area contributed by atoms with Crippen molar-refractivity contribution in [3.05, 3.63) is 402 Å². The van der Waals surface area contributed by atoms with Gasteiger partial charge in [0.1, 0.15) is 11.9 Å². The van der Waals surface area contributed by atoms with Gasteiger partial charge in [0.05, 0.1) is 54.2 Å². The fourth-order valence-corrected chi connectivity index (χ4v) is 10.3. The average molecular weight is 1280 g/mol. The van der Waals surface area contributed by atoms with Crippen molar-refractivity contribution >= 4 is 30.6 Å². The number of rotatable bonds is 18. The van der Waals surface area contributed by atoms with Gasteiger partial charge in [-0.15, -0.1) is 0 Å². The molecule has 4 heterocycles. The molecule has 0 N–H and O–H groups in total. The van der Waals surface area contributed by atoms with Gasteiger partial charge in [-0.1, -0.05) is 273 Å². The molecule has 0 bridgehead atoms. The summed E-state index contributed by atoms with van der Waals surface area (Å²) >= 11 is 0. The average Bonchev–Trinajstić information content (AvgIpc) is 0.938. The summed E-state index contributed by atoms with van der Waals surface area (Å²) in [7, 11) is 1.96. The monoisotopic (exact) mass is 1280 g/mol. The fraction of sp³-hybridized carbons (Fsp3) is 0.126. The zero-order valence-corrected chi connectivity index (χ0v) is 56.5. The summed E-state index contributed by atoms with van der Waals surface area (Å²) in [5.41, 5.74) is 16.8. The van der Waals surface area contributed by atoms with Gasteiger partial charge in [0, 0.05) is 56.2 Å². The van der Waals surface area contributed by atoms with Crippen molar-refractivity contribution in [2.75, 3.05) is 0 Å². The second kappa shape index (κ2) is 38.9. The van der Waals surface area contributed by atoms with Crippen LogP contribution in [0.2, 0.25) is 0 Å². The summed E-state index contributed by atoms with van der Waals surface area (Å²) in [6, 6.07) is 103. The standard InChI is InChI=1S/C33H28N2.C14H14N2.C14H13N.C13H15N3.C13H13N3/c1-24-14-13-23-32(34-24)25(2)35-33(30-21-11-9-19-28(30)26-15-5-3-6-16-26)31-22-12-10-20-29(31)27-17-7-4-8-18-27;1-12(13-7-3-2-4-8-13)16-11-14-9-5-6-10-15-14;1-3-7-13(8-4-1)11-15-12-14-9-5-2-6-10-14;1-11(12-6-4-3-5-7-12)15-10-13-14-8-9-16(13)2;1-11(12-6-3-2-4-7-12)16-10-13-14-8-5-9-15-13/h3-23,33H,1-2H3;2-12H,1H3;1-11H,12H2;3-11H,1-2H3;2-11H,1H3/t;;;2*11-/m...00/s1. The Morgan fingerprint density at radius 1 is 0.408 bits per heavy atom. The summed E-state index contributed by atoms with van der Waals surface area (Å²) in [5.74, 6) is 1.52. The topological polar surface area (TPSA) is 131 Å². The molecule has 0 saturated carbocycles. The molecule has 0 radical (unpaired) electrons. The number of aliphatic imine (C=N–C) groups is 5. The molecule has 3 atom stereocenters. The van der Waals surface area contributed by atoms with Crippen LogP contribution in [0, 0.1) is 6.92 Å². The minimum absolute atomic E-state index is 0.130. The van der Waals surface area contributed by atoms with Crippen LogP contribution < -0.4 is 0 Å². The van der Waals surface area contributed by atoms with Gasteiger partial charge in [0.25, 0.3) is 0 Å². The van der Waals surface area contributed by atoms with Gasteiger partial charge in [-0.2, -0.15) is 0 Å². The van der Waals surface area contributed by atoms with Crippen LogP contribution in [0.15, 0.2) is 359 Å². The number of benzene rings is 9. The Kier molecular flexibility index (Phi) is 27.9. The first-order chi connectivity index (χ1) is 48.1. The molecular formula is C87H83N11. The lowest BCUT2D eigenvalue weighted by Crippen LogP contribution is -2.08. The SMILES string of the molecule is C(=NCc1ccccc1)c1ccccc1.CC(=NC(c1ccccc1-c1ccccc1)c1ccccc1-c1ccccc1)c1cccc(C)n1.CC(N=Cc1ccccn1)c1ccccc1.C[C@H](N=Cc1ncccn1)c1ccccc1.C[C@H](N=Cc1nccn1C)c1ccccc1. The second-order valence-electron chi connectivity index (χ2n) is 22.9. The Bertz CT molecular complexity index is 4360. The van der Waals surface area contributed by atoms with E-state index in [1.807, 2.05) is 171 Å². The van der Waals surface area contributed by atoms with Crippen molar-refractivity contribution in [1.82, 2.24) is 29.5 Å². The molecule has 0 aliphatic rings. The van der Waals surface area contributed by atoms with Crippen LogP contribution in [0.4, 0.5) is 0 Å². The van der Waals surface area contributed by atoms with E-state index in [-0.39, 0.29) is 24.2 Å². The predicted octanol–water partition coefficient (Wildman–Crippen LogP) is 20.1. The number of hydrogen-bond donors (Lipinski definition) is 0. The smallest absolute Gasteiger partial charge is 0.170 e. The third-order valence-corrected chi connectivity index (χ3v) is 15.7. The van der Waals surface area contributed by atoms with Gasteiger partial charge in [0.2, 0.25) is 0 Å². The summed E-state index contributed by atoms with van der Waals surface area (Å²) in [5, 5.41) is 0. The van der Waals surface area contributed by atoms with E-state index in [4.69, 9.17) is 9.98 Å². The Morgan fingerprint density at radius 3 is 1.35 bits per heavy atom. The zero-order chi connectivity index (χ0) is 68.2. The lowest BCUT2D eigenvalue weighted by molar-refractivity contribution is 0.818. The van der Waals surface area contributed by atoms with Crippen LogP contribution >= 0.6 is 0 Å². The van der Waals surface area contributed by atoms with Gasteiger partial charge in [-0.05, 0) is 126 Å². The zero-order valence-electron chi connectivity index (χ0n) is 56.5. The van der Waals surface area contributed by atoms with E-state index in [2.05, 4.69) is 237 Å². The maximum Gasteiger partial charge on any atom is 0.170 e. The van der Waals surface area contributed by atoms with Crippen LogP contribution in [0.3, 0.4) is 0 Å². The predicted molar refractivity (Wildman–Crippen MR) is 408 cm³/mol. The van der Waals surface area contributed by atoms with Crippen LogP contribution in [0.1, 0.15) is 120 Å². The minimum atomic E-state index is -0.190.